The molecule has 4 unspecified atom stereocenters. The quantitative estimate of drug-likeness (QED) is 0.140. The van der Waals surface area contributed by atoms with Crippen LogP contribution < -0.4 is 0 Å². The summed E-state index contributed by atoms with van der Waals surface area (Å²) in [6, 6.07) is 30.4. The molecule has 0 amide bonds. The van der Waals surface area contributed by atoms with Crippen LogP contribution in [0.25, 0.3) is 0 Å². The Labute approximate surface area is 233 Å². The highest BCUT2D eigenvalue weighted by molar-refractivity contribution is 5.57. The summed E-state index contributed by atoms with van der Waals surface area (Å²) in [5.41, 5.74) is 3.32. The summed E-state index contributed by atoms with van der Waals surface area (Å²) < 4.78 is 25.5. The van der Waals surface area contributed by atoms with Crippen molar-refractivity contribution in [2.45, 2.75) is 83.3 Å². The van der Waals surface area contributed by atoms with Crippen LogP contribution in [0.3, 0.4) is 0 Å². The maximum atomic E-state index is 12.4. The van der Waals surface area contributed by atoms with Gasteiger partial charge in [-0.15, -0.1) is 0 Å². The SMILES string of the molecule is CCCCC[C@H](COC1C(OCc2ccccc2)CC(OCc2ccccc2)C1C=O)OCc1ccccc1. The standard InChI is InChI=1S/C34H42O5/c1-2-3-7-20-30(36-23-27-14-8-4-9-15-27)26-39-34-31(22-35)32(37-24-28-16-10-5-11-17-28)21-33(34)38-25-29-18-12-6-13-19-29/h4-6,8-19,22,30-34H,2-3,7,20-21,23-26H2,1H3/t30-,31?,32?,33?,34?/m1/s1. The molecule has 39 heavy (non-hydrogen) atoms. The third kappa shape index (κ3) is 9.40. The summed E-state index contributed by atoms with van der Waals surface area (Å²) in [6.07, 6.45) is 4.96. The average molecular weight is 531 g/mol. The summed E-state index contributed by atoms with van der Waals surface area (Å²) in [4.78, 5) is 12.4. The Morgan fingerprint density at radius 1 is 0.718 bits per heavy atom. The summed E-state index contributed by atoms with van der Waals surface area (Å²) in [6.45, 7) is 4.08. The molecule has 3 aromatic carbocycles. The van der Waals surface area contributed by atoms with Gasteiger partial charge in [-0.1, -0.05) is 117 Å². The van der Waals surface area contributed by atoms with Crippen LogP contribution in [0.15, 0.2) is 91.0 Å². The second kappa shape index (κ2) is 16.3. The molecule has 5 nitrogen and oxygen atoms in total. The summed E-state index contributed by atoms with van der Waals surface area (Å²) in [5, 5.41) is 0. The molecule has 208 valence electrons. The van der Waals surface area contributed by atoms with E-state index in [1.807, 2.05) is 78.9 Å². The van der Waals surface area contributed by atoms with E-state index >= 15 is 0 Å². The molecule has 0 saturated heterocycles. The van der Waals surface area contributed by atoms with E-state index in [0.717, 1.165) is 48.7 Å². The first-order valence-electron chi connectivity index (χ1n) is 14.3. The lowest BCUT2D eigenvalue weighted by molar-refractivity contribution is -0.132. The van der Waals surface area contributed by atoms with Crippen LogP contribution in [0, 0.1) is 5.92 Å². The molecule has 4 rings (SSSR count). The number of benzene rings is 3. The van der Waals surface area contributed by atoms with Crippen molar-refractivity contribution < 1.29 is 23.7 Å². The van der Waals surface area contributed by atoms with E-state index in [1.54, 1.807) is 0 Å². The number of carbonyl (C=O) groups excluding carboxylic acids is 1. The Hall–Kier alpha value is -2.83. The Morgan fingerprint density at radius 2 is 1.26 bits per heavy atom. The first-order chi connectivity index (χ1) is 19.3. The van der Waals surface area contributed by atoms with Crippen LogP contribution in [0.1, 0.15) is 55.7 Å². The van der Waals surface area contributed by atoms with Crippen molar-refractivity contribution >= 4 is 6.29 Å². The van der Waals surface area contributed by atoms with Gasteiger partial charge in [-0.25, -0.2) is 0 Å². The van der Waals surface area contributed by atoms with Gasteiger partial charge in [0.15, 0.2) is 0 Å². The number of aldehydes is 1. The van der Waals surface area contributed by atoms with Crippen molar-refractivity contribution in [2.75, 3.05) is 6.61 Å². The van der Waals surface area contributed by atoms with Gasteiger partial charge in [0, 0.05) is 6.42 Å². The first kappa shape index (κ1) is 29.2. The van der Waals surface area contributed by atoms with E-state index in [2.05, 4.69) is 19.1 Å². The van der Waals surface area contributed by atoms with Crippen molar-refractivity contribution in [1.82, 2.24) is 0 Å². The summed E-state index contributed by atoms with van der Waals surface area (Å²) in [7, 11) is 0. The van der Waals surface area contributed by atoms with Crippen LogP contribution in [0.4, 0.5) is 0 Å². The highest BCUT2D eigenvalue weighted by Crippen LogP contribution is 2.34. The number of rotatable bonds is 17. The van der Waals surface area contributed by atoms with E-state index in [-0.39, 0.29) is 24.4 Å². The first-order valence-corrected chi connectivity index (χ1v) is 14.3. The topological polar surface area (TPSA) is 54.0 Å². The van der Waals surface area contributed by atoms with Gasteiger partial charge in [-0.3, -0.25) is 0 Å². The predicted octanol–water partition coefficient (Wildman–Crippen LogP) is 6.93. The third-order valence-electron chi connectivity index (χ3n) is 7.34. The van der Waals surface area contributed by atoms with Gasteiger partial charge >= 0.3 is 0 Å². The predicted molar refractivity (Wildman–Crippen MR) is 153 cm³/mol. The number of unbranched alkanes of at least 4 members (excludes halogenated alkanes) is 2. The normalized spacial score (nSPS) is 21.6. The zero-order chi connectivity index (χ0) is 27.1. The Kier molecular flexibility index (Phi) is 12.2. The molecule has 3 aromatic rings. The monoisotopic (exact) mass is 530 g/mol. The van der Waals surface area contributed by atoms with E-state index in [0.29, 0.717) is 32.8 Å². The molecular weight excluding hydrogens is 488 g/mol. The molecule has 1 fully saturated rings. The molecule has 0 aliphatic heterocycles. The number of ether oxygens (including phenoxy) is 4. The maximum Gasteiger partial charge on any atom is 0.128 e. The molecule has 5 heteroatoms. The highest BCUT2D eigenvalue weighted by atomic mass is 16.6. The van der Waals surface area contributed by atoms with Gasteiger partial charge in [0.2, 0.25) is 0 Å². The fourth-order valence-electron chi connectivity index (χ4n) is 5.10. The van der Waals surface area contributed by atoms with Gasteiger partial charge in [-0.05, 0) is 23.1 Å². The van der Waals surface area contributed by atoms with Gasteiger partial charge in [0.1, 0.15) is 6.29 Å². The molecule has 1 saturated carbocycles. The molecule has 0 spiro atoms. The Bertz CT molecular complexity index is 1060. The lowest BCUT2D eigenvalue weighted by Crippen LogP contribution is -2.36. The molecule has 0 N–H and O–H groups in total. The molecule has 5 atom stereocenters. The second-order valence-corrected chi connectivity index (χ2v) is 10.3. The molecule has 0 bridgehead atoms. The molecule has 0 heterocycles. The van der Waals surface area contributed by atoms with Crippen LogP contribution in [0.2, 0.25) is 0 Å². The number of carbonyl (C=O) groups is 1. The molecular formula is C34H42O5. The maximum absolute atomic E-state index is 12.4. The minimum atomic E-state index is -0.403. The second-order valence-electron chi connectivity index (χ2n) is 10.3. The van der Waals surface area contributed by atoms with Crippen molar-refractivity contribution in [1.29, 1.82) is 0 Å². The minimum Gasteiger partial charge on any atom is -0.373 e. The Balaban J connectivity index is 1.42. The van der Waals surface area contributed by atoms with E-state index in [4.69, 9.17) is 18.9 Å². The fraction of sp³-hybridized carbons (Fsp3) is 0.441. The fourth-order valence-corrected chi connectivity index (χ4v) is 5.10. The van der Waals surface area contributed by atoms with Gasteiger partial charge in [0.25, 0.3) is 0 Å². The van der Waals surface area contributed by atoms with E-state index in [1.165, 1.54) is 0 Å². The zero-order valence-electron chi connectivity index (χ0n) is 23.0. The van der Waals surface area contributed by atoms with Crippen molar-refractivity contribution in [3.05, 3.63) is 108 Å². The average Bonchev–Trinajstić information content (AvgIpc) is 3.34. The Morgan fingerprint density at radius 3 is 1.79 bits per heavy atom. The van der Waals surface area contributed by atoms with Crippen LogP contribution in [-0.4, -0.2) is 37.3 Å². The van der Waals surface area contributed by atoms with Gasteiger partial charge in [-0.2, -0.15) is 0 Å². The van der Waals surface area contributed by atoms with Crippen molar-refractivity contribution in [3.8, 4) is 0 Å². The van der Waals surface area contributed by atoms with E-state index < -0.39 is 5.92 Å². The van der Waals surface area contributed by atoms with Crippen LogP contribution >= 0.6 is 0 Å². The molecule has 0 radical (unpaired) electrons. The number of hydrogen-bond donors (Lipinski definition) is 0. The van der Waals surface area contributed by atoms with E-state index in [9.17, 15) is 4.79 Å². The van der Waals surface area contributed by atoms with Crippen LogP contribution in [0.5, 0.6) is 0 Å². The highest BCUT2D eigenvalue weighted by Gasteiger charge is 2.46. The molecule has 1 aliphatic rings. The summed E-state index contributed by atoms with van der Waals surface area (Å²) in [5.74, 6) is -0.403. The summed E-state index contributed by atoms with van der Waals surface area (Å²) >= 11 is 0. The third-order valence-corrected chi connectivity index (χ3v) is 7.34. The smallest absolute Gasteiger partial charge is 0.128 e. The molecule has 1 aliphatic carbocycles. The number of hydrogen-bond acceptors (Lipinski definition) is 5. The van der Waals surface area contributed by atoms with Crippen molar-refractivity contribution in [2.24, 2.45) is 5.92 Å². The molecule has 0 aromatic heterocycles. The van der Waals surface area contributed by atoms with Crippen LogP contribution in [-0.2, 0) is 43.6 Å². The minimum absolute atomic E-state index is 0.0527. The zero-order valence-corrected chi connectivity index (χ0v) is 23.0. The largest absolute Gasteiger partial charge is 0.373 e. The van der Waals surface area contributed by atoms with Gasteiger partial charge < -0.3 is 23.7 Å². The lowest BCUT2D eigenvalue weighted by Gasteiger charge is -2.26. The lowest BCUT2D eigenvalue weighted by atomic mass is 10.1. The van der Waals surface area contributed by atoms with Gasteiger partial charge in [0.05, 0.1) is 56.8 Å². The van der Waals surface area contributed by atoms with Crippen molar-refractivity contribution in [3.63, 3.8) is 0 Å².